The number of imidazole rings is 1. The van der Waals surface area contributed by atoms with Gasteiger partial charge in [-0.25, -0.2) is 9.19 Å². The Morgan fingerprint density at radius 2 is 2.05 bits per heavy atom. The fourth-order valence-corrected chi connectivity index (χ4v) is 2.64. The SMILES string of the molecule is Nc1cc(Cl)ccc1C(=S=O)c1nc2ccccc2[nH]1. The second kappa shape index (κ2) is 5.11. The number of H-pyrrole nitrogens is 1. The van der Waals surface area contributed by atoms with Crippen molar-refractivity contribution in [1.29, 1.82) is 0 Å². The van der Waals surface area contributed by atoms with Crippen LogP contribution in [0.4, 0.5) is 5.69 Å². The largest absolute Gasteiger partial charge is 0.398 e. The number of halogens is 1. The second-order valence-electron chi connectivity index (χ2n) is 4.25. The molecule has 2 aromatic carbocycles. The fourth-order valence-electron chi connectivity index (χ4n) is 2.01. The van der Waals surface area contributed by atoms with Gasteiger partial charge in [0.2, 0.25) is 0 Å². The Hall–Kier alpha value is -2.11. The lowest BCUT2D eigenvalue weighted by molar-refractivity contribution is 0.701. The third-order valence-corrected chi connectivity index (χ3v) is 3.76. The lowest BCUT2D eigenvalue weighted by Gasteiger charge is -2.04. The highest BCUT2D eigenvalue weighted by Crippen LogP contribution is 2.21. The number of nitrogens with one attached hydrogen (secondary N) is 1. The van der Waals surface area contributed by atoms with Crippen LogP contribution in [0.15, 0.2) is 42.5 Å². The average Bonchev–Trinajstić information content (AvgIpc) is 2.85. The molecule has 0 aliphatic carbocycles. The standard InChI is InChI=1S/C14H10ClN3OS/c15-8-5-6-9(10(16)7-8)13(20-19)14-17-11-3-1-2-4-12(11)18-14/h1-7H,16H2,(H,17,18). The van der Waals surface area contributed by atoms with Gasteiger partial charge in [-0.2, -0.15) is 0 Å². The Balaban J connectivity index is 2.17. The summed E-state index contributed by atoms with van der Waals surface area (Å²) in [5.41, 5.74) is 8.70. The summed E-state index contributed by atoms with van der Waals surface area (Å²) >= 11 is 6.24. The Kier molecular flexibility index (Phi) is 3.30. The van der Waals surface area contributed by atoms with E-state index >= 15 is 0 Å². The van der Waals surface area contributed by atoms with Crippen molar-refractivity contribution in [3.63, 3.8) is 0 Å². The maximum atomic E-state index is 11.5. The van der Waals surface area contributed by atoms with Crippen molar-refractivity contribution >= 4 is 44.4 Å². The minimum absolute atomic E-state index is 0.361. The van der Waals surface area contributed by atoms with Crippen LogP contribution < -0.4 is 5.73 Å². The van der Waals surface area contributed by atoms with Crippen LogP contribution in [0.2, 0.25) is 5.02 Å². The molecule has 0 fully saturated rings. The van der Waals surface area contributed by atoms with Gasteiger partial charge in [-0.3, -0.25) is 0 Å². The van der Waals surface area contributed by atoms with Gasteiger partial charge in [0.1, 0.15) is 16.1 Å². The van der Waals surface area contributed by atoms with E-state index in [0.717, 1.165) is 11.0 Å². The van der Waals surface area contributed by atoms with E-state index in [1.807, 2.05) is 24.3 Å². The summed E-state index contributed by atoms with van der Waals surface area (Å²) in [6.45, 7) is 0. The summed E-state index contributed by atoms with van der Waals surface area (Å²) < 4.78 is 11.5. The molecule has 0 spiro atoms. The lowest BCUT2D eigenvalue weighted by Crippen LogP contribution is -2.08. The summed E-state index contributed by atoms with van der Waals surface area (Å²) in [7, 11) is 0. The number of fused-ring (bicyclic) bond motifs is 1. The van der Waals surface area contributed by atoms with Crippen molar-refractivity contribution in [2.24, 2.45) is 0 Å². The molecule has 3 N–H and O–H groups in total. The van der Waals surface area contributed by atoms with Gasteiger partial charge in [0.25, 0.3) is 0 Å². The number of nitrogens with two attached hydrogens (primary N) is 1. The number of hydrogen-bond donors (Lipinski definition) is 2. The third-order valence-electron chi connectivity index (χ3n) is 2.95. The number of nitrogen functional groups attached to an aromatic ring is 1. The molecule has 1 aromatic heterocycles. The zero-order valence-corrected chi connectivity index (χ0v) is 11.8. The molecule has 0 atom stereocenters. The molecule has 20 heavy (non-hydrogen) atoms. The van der Waals surface area contributed by atoms with Crippen molar-refractivity contribution in [2.75, 3.05) is 5.73 Å². The van der Waals surface area contributed by atoms with E-state index in [2.05, 4.69) is 9.97 Å². The van der Waals surface area contributed by atoms with Crippen LogP contribution >= 0.6 is 11.6 Å². The van der Waals surface area contributed by atoms with Gasteiger partial charge < -0.3 is 10.7 Å². The number of nitrogens with zero attached hydrogens (tertiary/aromatic N) is 1. The van der Waals surface area contributed by atoms with Crippen molar-refractivity contribution in [2.45, 2.75) is 0 Å². The quantitative estimate of drug-likeness (QED) is 0.434. The number of rotatable bonds is 2. The molecule has 3 rings (SSSR count). The third kappa shape index (κ3) is 2.21. The monoisotopic (exact) mass is 303 g/mol. The number of para-hydroxylation sites is 2. The van der Waals surface area contributed by atoms with Crippen LogP contribution in [0.1, 0.15) is 11.4 Å². The normalized spacial score (nSPS) is 10.7. The average molecular weight is 304 g/mol. The highest BCUT2D eigenvalue weighted by Gasteiger charge is 2.14. The Labute approximate surface area is 123 Å². The van der Waals surface area contributed by atoms with Crippen LogP contribution in [-0.4, -0.2) is 19.0 Å². The maximum absolute atomic E-state index is 11.5. The van der Waals surface area contributed by atoms with Gasteiger partial charge in [0.05, 0.1) is 11.0 Å². The first-order valence-corrected chi connectivity index (χ1v) is 6.98. The first-order valence-electron chi connectivity index (χ1n) is 5.86. The van der Waals surface area contributed by atoms with Crippen LogP contribution in [0.5, 0.6) is 0 Å². The number of aromatic amines is 1. The summed E-state index contributed by atoms with van der Waals surface area (Å²) in [5, 5.41) is 0.533. The topological polar surface area (TPSA) is 71.8 Å². The van der Waals surface area contributed by atoms with Crippen LogP contribution in [-0.2, 0) is 11.3 Å². The van der Waals surface area contributed by atoms with E-state index in [9.17, 15) is 4.21 Å². The molecule has 0 amide bonds. The zero-order valence-electron chi connectivity index (χ0n) is 10.3. The van der Waals surface area contributed by atoms with E-state index in [-0.39, 0.29) is 0 Å². The number of hydrogen-bond acceptors (Lipinski definition) is 3. The smallest absolute Gasteiger partial charge is 0.152 e. The van der Waals surface area contributed by atoms with E-state index in [0.29, 0.717) is 38.2 Å². The molecule has 0 unspecified atom stereocenters. The van der Waals surface area contributed by atoms with Crippen molar-refractivity contribution in [3.8, 4) is 0 Å². The summed E-state index contributed by atoms with van der Waals surface area (Å²) in [6, 6.07) is 12.6. The van der Waals surface area contributed by atoms with E-state index in [1.54, 1.807) is 18.2 Å². The van der Waals surface area contributed by atoms with E-state index in [1.165, 1.54) is 0 Å². The fraction of sp³-hybridized carbons (Fsp3) is 0. The highest BCUT2D eigenvalue weighted by atomic mass is 35.5. The first-order chi connectivity index (χ1) is 9.69. The summed E-state index contributed by atoms with van der Waals surface area (Å²) in [4.78, 5) is 8.01. The van der Waals surface area contributed by atoms with Crippen LogP contribution in [0, 0.1) is 0 Å². The predicted octanol–water partition coefficient (Wildman–Crippen LogP) is 2.58. The Morgan fingerprint density at radius 1 is 1.25 bits per heavy atom. The summed E-state index contributed by atoms with van der Waals surface area (Å²) in [5.74, 6) is 0.514. The maximum Gasteiger partial charge on any atom is 0.152 e. The molecule has 4 nitrogen and oxygen atoms in total. The summed E-state index contributed by atoms with van der Waals surface area (Å²) in [6.07, 6.45) is 0. The minimum atomic E-state index is 0.361. The van der Waals surface area contributed by atoms with Gasteiger partial charge in [0.15, 0.2) is 5.82 Å². The van der Waals surface area contributed by atoms with Crippen LogP contribution in [0.25, 0.3) is 11.0 Å². The van der Waals surface area contributed by atoms with Gasteiger partial charge in [-0.1, -0.05) is 23.7 Å². The van der Waals surface area contributed by atoms with Gasteiger partial charge in [-0.15, -0.1) is 0 Å². The molecule has 3 aromatic rings. The van der Waals surface area contributed by atoms with Crippen molar-refractivity contribution in [1.82, 2.24) is 9.97 Å². The molecular formula is C14H10ClN3OS. The molecule has 0 bridgehead atoms. The molecule has 6 heteroatoms. The number of anilines is 1. The zero-order chi connectivity index (χ0) is 14.1. The van der Waals surface area contributed by atoms with Crippen molar-refractivity contribution in [3.05, 3.63) is 58.9 Å². The molecule has 1 heterocycles. The van der Waals surface area contributed by atoms with E-state index in [4.69, 9.17) is 17.3 Å². The first kappa shape index (κ1) is 12.9. The van der Waals surface area contributed by atoms with Gasteiger partial charge in [0, 0.05) is 16.3 Å². The Morgan fingerprint density at radius 3 is 2.75 bits per heavy atom. The van der Waals surface area contributed by atoms with E-state index < -0.39 is 0 Å². The Bertz CT molecular complexity index is 820. The number of benzene rings is 2. The minimum Gasteiger partial charge on any atom is -0.398 e. The van der Waals surface area contributed by atoms with Gasteiger partial charge in [-0.05, 0) is 30.3 Å². The number of aromatic nitrogens is 2. The molecular weight excluding hydrogens is 294 g/mol. The molecule has 0 aliphatic heterocycles. The highest BCUT2D eigenvalue weighted by molar-refractivity contribution is 7.67. The lowest BCUT2D eigenvalue weighted by atomic mass is 10.1. The molecule has 0 aliphatic rings. The predicted molar refractivity (Wildman–Crippen MR) is 83.3 cm³/mol. The van der Waals surface area contributed by atoms with Gasteiger partial charge >= 0.3 is 0 Å². The van der Waals surface area contributed by atoms with Crippen molar-refractivity contribution < 1.29 is 4.21 Å². The molecule has 0 saturated carbocycles. The molecule has 0 saturated heterocycles. The molecule has 0 radical (unpaired) electrons. The second-order valence-corrected chi connectivity index (χ2v) is 5.26. The molecule has 100 valence electrons. The van der Waals surface area contributed by atoms with Crippen LogP contribution in [0.3, 0.4) is 0 Å².